The van der Waals surface area contributed by atoms with Crippen LogP contribution in [-0.2, 0) is 4.79 Å². The summed E-state index contributed by atoms with van der Waals surface area (Å²) in [6, 6.07) is 16.4. The third-order valence-electron chi connectivity index (χ3n) is 3.19. The van der Waals surface area contributed by atoms with Crippen molar-refractivity contribution in [2.45, 2.75) is 13.0 Å². The fraction of sp³-hybridized carbons (Fsp3) is 0.125. The molecule has 1 unspecified atom stereocenters. The maximum atomic E-state index is 11.9. The van der Waals surface area contributed by atoms with Crippen LogP contribution in [0.25, 0.3) is 0 Å². The zero-order valence-electron chi connectivity index (χ0n) is 11.5. The molecule has 0 aromatic heterocycles. The van der Waals surface area contributed by atoms with Crippen molar-refractivity contribution in [1.82, 2.24) is 5.43 Å². The van der Waals surface area contributed by atoms with Crippen LogP contribution in [0.5, 0.6) is 0 Å². The first-order valence-corrected chi connectivity index (χ1v) is 6.64. The summed E-state index contributed by atoms with van der Waals surface area (Å²) in [6.45, 7) is 2.01. The molecule has 0 fully saturated rings. The van der Waals surface area contributed by atoms with Crippen LogP contribution in [-0.4, -0.2) is 17.7 Å². The summed E-state index contributed by atoms with van der Waals surface area (Å²) in [7, 11) is 0. The number of hydrogen-bond acceptors (Lipinski definition) is 4. The molecule has 0 bridgehead atoms. The number of amides is 1. The first-order chi connectivity index (χ1) is 10.2. The van der Waals surface area contributed by atoms with Gasteiger partial charge in [-0.1, -0.05) is 48.0 Å². The van der Waals surface area contributed by atoms with Gasteiger partial charge in [0.25, 0.3) is 5.91 Å². The smallest absolute Gasteiger partial charge is 0.270 e. The molecule has 1 amide bonds. The number of carbonyl (C=O) groups excluding carboxylic acids is 1. The second-order valence-corrected chi connectivity index (χ2v) is 4.79. The molecule has 1 aliphatic heterocycles. The Hall–Kier alpha value is -2.82. The van der Waals surface area contributed by atoms with E-state index in [9.17, 15) is 4.79 Å². The lowest BCUT2D eigenvalue weighted by molar-refractivity contribution is -0.120. The van der Waals surface area contributed by atoms with Crippen LogP contribution >= 0.6 is 0 Å². The SMILES string of the molecule is Cc1ccc(N=NC2C(=O)NN=C2c2ccccc2)cc1. The number of azo groups is 1. The van der Waals surface area contributed by atoms with Gasteiger partial charge in [-0.2, -0.15) is 15.3 Å². The molecule has 1 heterocycles. The van der Waals surface area contributed by atoms with Gasteiger partial charge in [0.05, 0.1) is 5.69 Å². The zero-order chi connectivity index (χ0) is 14.7. The van der Waals surface area contributed by atoms with E-state index in [2.05, 4.69) is 20.8 Å². The Morgan fingerprint density at radius 3 is 2.48 bits per heavy atom. The molecule has 0 aliphatic carbocycles. The molecule has 21 heavy (non-hydrogen) atoms. The highest BCUT2D eigenvalue weighted by Gasteiger charge is 2.30. The Morgan fingerprint density at radius 1 is 1.05 bits per heavy atom. The minimum Gasteiger partial charge on any atom is -0.270 e. The second-order valence-electron chi connectivity index (χ2n) is 4.79. The number of benzene rings is 2. The van der Waals surface area contributed by atoms with Gasteiger partial charge in [-0.15, -0.1) is 0 Å². The number of aryl methyl sites for hydroxylation is 1. The van der Waals surface area contributed by atoms with E-state index in [0.29, 0.717) is 11.4 Å². The fourth-order valence-electron chi connectivity index (χ4n) is 2.04. The van der Waals surface area contributed by atoms with E-state index in [-0.39, 0.29) is 5.91 Å². The Bertz CT molecular complexity index is 705. The summed E-state index contributed by atoms with van der Waals surface area (Å²) in [5, 5.41) is 12.3. The van der Waals surface area contributed by atoms with E-state index in [0.717, 1.165) is 11.1 Å². The van der Waals surface area contributed by atoms with E-state index >= 15 is 0 Å². The van der Waals surface area contributed by atoms with E-state index in [1.807, 2.05) is 61.5 Å². The molecule has 0 spiro atoms. The molecular formula is C16H14N4O. The Balaban J connectivity index is 1.84. The summed E-state index contributed by atoms with van der Waals surface area (Å²) in [5.74, 6) is -0.260. The normalized spacial score (nSPS) is 17.9. The van der Waals surface area contributed by atoms with Gasteiger partial charge in [-0.25, -0.2) is 5.43 Å². The Morgan fingerprint density at radius 2 is 1.76 bits per heavy atom. The number of carbonyl (C=O) groups is 1. The van der Waals surface area contributed by atoms with Crippen molar-refractivity contribution in [2.75, 3.05) is 0 Å². The van der Waals surface area contributed by atoms with Gasteiger partial charge in [-0.05, 0) is 19.1 Å². The number of hydrogen-bond donors (Lipinski definition) is 1. The molecule has 1 N–H and O–H groups in total. The minimum absolute atomic E-state index is 0.260. The van der Waals surface area contributed by atoms with Gasteiger partial charge in [0.1, 0.15) is 5.71 Å². The number of hydrazone groups is 1. The number of nitrogens with one attached hydrogen (secondary N) is 1. The fourth-order valence-corrected chi connectivity index (χ4v) is 2.04. The summed E-state index contributed by atoms with van der Waals surface area (Å²) in [6.07, 6.45) is 0. The maximum Gasteiger partial charge on any atom is 0.273 e. The van der Waals surface area contributed by atoms with Crippen molar-refractivity contribution in [2.24, 2.45) is 15.3 Å². The van der Waals surface area contributed by atoms with Crippen LogP contribution in [0.2, 0.25) is 0 Å². The highest BCUT2D eigenvalue weighted by molar-refractivity contribution is 6.19. The molecule has 3 rings (SSSR count). The van der Waals surface area contributed by atoms with E-state index in [1.165, 1.54) is 0 Å². The van der Waals surface area contributed by atoms with Gasteiger partial charge >= 0.3 is 0 Å². The van der Waals surface area contributed by atoms with Crippen LogP contribution < -0.4 is 5.43 Å². The van der Waals surface area contributed by atoms with Crippen molar-refractivity contribution in [1.29, 1.82) is 0 Å². The maximum absolute atomic E-state index is 11.9. The lowest BCUT2D eigenvalue weighted by atomic mass is 10.0. The molecule has 0 saturated heterocycles. The predicted octanol–water partition coefficient (Wildman–Crippen LogP) is 2.98. The van der Waals surface area contributed by atoms with Crippen LogP contribution in [0.1, 0.15) is 11.1 Å². The van der Waals surface area contributed by atoms with Crippen molar-refractivity contribution in [3.63, 3.8) is 0 Å². The Kier molecular flexibility index (Phi) is 3.55. The lowest BCUT2D eigenvalue weighted by Gasteiger charge is -2.04. The first kappa shape index (κ1) is 13.2. The van der Waals surface area contributed by atoms with Crippen molar-refractivity contribution in [3.05, 3.63) is 65.7 Å². The van der Waals surface area contributed by atoms with Gasteiger partial charge in [0.15, 0.2) is 6.04 Å². The van der Waals surface area contributed by atoms with Crippen LogP contribution in [0.15, 0.2) is 69.9 Å². The Labute approximate surface area is 122 Å². The van der Waals surface area contributed by atoms with Crippen LogP contribution in [0.4, 0.5) is 5.69 Å². The lowest BCUT2D eigenvalue weighted by Crippen LogP contribution is -2.27. The highest BCUT2D eigenvalue weighted by Crippen LogP contribution is 2.17. The standard InChI is InChI=1S/C16H14N4O/c1-11-7-9-13(10-8-11)17-19-15-14(18-20-16(15)21)12-5-3-2-4-6-12/h2-10,15H,1H3,(H,20,21). The first-order valence-electron chi connectivity index (χ1n) is 6.64. The molecular weight excluding hydrogens is 264 g/mol. The summed E-state index contributed by atoms with van der Waals surface area (Å²) < 4.78 is 0. The molecule has 104 valence electrons. The molecule has 1 aliphatic rings. The monoisotopic (exact) mass is 278 g/mol. The third kappa shape index (κ3) is 2.86. The quantitative estimate of drug-likeness (QED) is 0.862. The minimum atomic E-state index is -0.700. The van der Waals surface area contributed by atoms with E-state index in [4.69, 9.17) is 0 Å². The molecule has 2 aromatic carbocycles. The van der Waals surface area contributed by atoms with Crippen molar-refractivity contribution < 1.29 is 4.79 Å². The molecule has 0 saturated carbocycles. The average molecular weight is 278 g/mol. The van der Waals surface area contributed by atoms with Crippen LogP contribution in [0, 0.1) is 6.92 Å². The largest absolute Gasteiger partial charge is 0.273 e. The molecule has 2 aromatic rings. The van der Waals surface area contributed by atoms with E-state index in [1.54, 1.807) is 0 Å². The zero-order valence-corrected chi connectivity index (χ0v) is 11.5. The molecule has 0 radical (unpaired) electrons. The average Bonchev–Trinajstić information content (AvgIpc) is 2.89. The van der Waals surface area contributed by atoms with Gasteiger partial charge in [0.2, 0.25) is 0 Å². The van der Waals surface area contributed by atoms with Crippen LogP contribution in [0.3, 0.4) is 0 Å². The van der Waals surface area contributed by atoms with Crippen molar-refractivity contribution >= 4 is 17.3 Å². The van der Waals surface area contributed by atoms with Gasteiger partial charge < -0.3 is 0 Å². The van der Waals surface area contributed by atoms with Crippen molar-refractivity contribution in [3.8, 4) is 0 Å². The molecule has 1 atom stereocenters. The van der Waals surface area contributed by atoms with Gasteiger partial charge in [-0.3, -0.25) is 4.79 Å². The predicted molar refractivity (Wildman–Crippen MR) is 80.6 cm³/mol. The number of nitrogens with zero attached hydrogens (tertiary/aromatic N) is 3. The highest BCUT2D eigenvalue weighted by atomic mass is 16.2. The topological polar surface area (TPSA) is 66.2 Å². The summed E-state index contributed by atoms with van der Waals surface area (Å²) in [4.78, 5) is 11.9. The number of rotatable bonds is 3. The summed E-state index contributed by atoms with van der Waals surface area (Å²) >= 11 is 0. The summed E-state index contributed by atoms with van der Waals surface area (Å²) in [5.41, 5.74) is 5.78. The van der Waals surface area contributed by atoms with E-state index < -0.39 is 6.04 Å². The second kappa shape index (κ2) is 5.66. The third-order valence-corrected chi connectivity index (χ3v) is 3.19. The molecule has 5 nitrogen and oxygen atoms in total. The molecule has 5 heteroatoms. The van der Waals surface area contributed by atoms with Gasteiger partial charge in [0, 0.05) is 5.56 Å².